The van der Waals surface area contributed by atoms with Crippen LogP contribution in [0, 0.1) is 11.8 Å². The number of hydrogen-bond donors (Lipinski definition) is 3. The number of nitrogens with zero attached hydrogens (tertiary/aromatic N) is 2. The van der Waals surface area contributed by atoms with Gasteiger partial charge in [-0.2, -0.15) is 0 Å². The number of rotatable bonds is 3. The lowest BCUT2D eigenvalue weighted by Crippen LogP contribution is -2.50. The van der Waals surface area contributed by atoms with Crippen molar-refractivity contribution >= 4 is 21.8 Å². The fraction of sp³-hybridized carbons (Fsp3) is 0.467. The number of aromatic nitrogens is 2. The Morgan fingerprint density at radius 3 is 2.74 bits per heavy atom. The summed E-state index contributed by atoms with van der Waals surface area (Å²) in [6, 6.07) is 15.7. The van der Waals surface area contributed by atoms with Crippen LogP contribution in [0.15, 0.2) is 42.5 Å². The Morgan fingerprint density at radius 1 is 1.00 bits per heavy atom. The van der Waals surface area contributed by atoms with E-state index in [9.17, 15) is 5.11 Å². The van der Waals surface area contributed by atoms with Crippen LogP contribution in [0.5, 0.6) is 5.75 Å². The molecule has 3 N–H and O–H groups in total. The Labute approximate surface area is 207 Å². The number of para-hydroxylation sites is 1. The summed E-state index contributed by atoms with van der Waals surface area (Å²) in [7, 11) is 2.32. The van der Waals surface area contributed by atoms with E-state index in [-0.39, 0.29) is 0 Å². The lowest BCUT2D eigenvalue weighted by atomic mass is 9.74. The lowest BCUT2D eigenvalue weighted by Gasteiger charge is -2.48. The summed E-state index contributed by atoms with van der Waals surface area (Å²) in [4.78, 5) is 12.8. The van der Waals surface area contributed by atoms with Crippen LogP contribution < -0.4 is 0 Å². The first kappa shape index (κ1) is 21.5. The van der Waals surface area contributed by atoms with Crippen LogP contribution in [0.2, 0.25) is 0 Å². The maximum atomic E-state index is 9.96. The average Bonchev–Trinajstić information content (AvgIpc) is 3.41. The van der Waals surface area contributed by atoms with Crippen molar-refractivity contribution in [2.75, 3.05) is 20.1 Å². The molecule has 1 saturated heterocycles. The van der Waals surface area contributed by atoms with Crippen LogP contribution in [0.1, 0.15) is 54.7 Å². The SMILES string of the molecule is CC[C@H]1CN2Cc3c([nH]c4cc(O)ccc34)C[C@@H]2C[C@@H]1C[C@H]1c2[nH]c3ccccc3c2CCN1C. The number of piperidine rings is 1. The summed E-state index contributed by atoms with van der Waals surface area (Å²) in [5.74, 6) is 1.82. The van der Waals surface area contributed by atoms with E-state index in [1.165, 1.54) is 59.0 Å². The highest BCUT2D eigenvalue weighted by atomic mass is 16.3. The van der Waals surface area contributed by atoms with Crippen LogP contribution in [0.3, 0.4) is 0 Å². The quantitative estimate of drug-likeness (QED) is 0.359. The van der Waals surface area contributed by atoms with Gasteiger partial charge < -0.3 is 15.1 Å². The molecule has 35 heavy (non-hydrogen) atoms. The van der Waals surface area contributed by atoms with Crippen molar-refractivity contribution < 1.29 is 5.11 Å². The molecule has 3 aliphatic heterocycles. The molecule has 5 heterocycles. The van der Waals surface area contributed by atoms with Crippen LogP contribution in [-0.2, 0) is 19.4 Å². The number of phenolic OH excluding ortho intramolecular Hbond substituents is 1. The van der Waals surface area contributed by atoms with Gasteiger partial charge in [0.2, 0.25) is 0 Å². The molecule has 0 bridgehead atoms. The van der Waals surface area contributed by atoms with Gasteiger partial charge in [0.05, 0.1) is 6.04 Å². The number of phenols is 1. The molecular weight excluding hydrogens is 432 g/mol. The summed E-state index contributed by atoms with van der Waals surface area (Å²) < 4.78 is 0. The van der Waals surface area contributed by atoms with E-state index in [4.69, 9.17) is 0 Å². The largest absolute Gasteiger partial charge is 0.508 e. The molecule has 0 unspecified atom stereocenters. The number of H-pyrrole nitrogens is 2. The lowest BCUT2D eigenvalue weighted by molar-refractivity contribution is 0.0285. The fourth-order valence-electron chi connectivity index (χ4n) is 7.56. The van der Waals surface area contributed by atoms with E-state index in [0.717, 1.165) is 43.3 Å². The molecule has 0 saturated carbocycles. The monoisotopic (exact) mass is 468 g/mol. The molecule has 3 aliphatic rings. The molecule has 5 heteroatoms. The van der Waals surface area contributed by atoms with E-state index >= 15 is 0 Å². The van der Waals surface area contributed by atoms with E-state index in [1.54, 1.807) is 5.56 Å². The first-order chi connectivity index (χ1) is 17.1. The molecule has 0 amide bonds. The zero-order valence-corrected chi connectivity index (χ0v) is 20.8. The molecule has 0 radical (unpaired) electrons. The summed E-state index contributed by atoms with van der Waals surface area (Å²) >= 11 is 0. The summed E-state index contributed by atoms with van der Waals surface area (Å²) in [5, 5.41) is 12.7. The number of aromatic amines is 2. The molecule has 2 aromatic heterocycles. The van der Waals surface area contributed by atoms with Gasteiger partial charge in [0, 0.05) is 71.4 Å². The minimum absolute atomic E-state index is 0.341. The molecule has 5 nitrogen and oxygen atoms in total. The third-order valence-corrected chi connectivity index (χ3v) is 9.48. The van der Waals surface area contributed by atoms with Crippen LogP contribution >= 0.6 is 0 Å². The molecule has 182 valence electrons. The summed E-state index contributed by atoms with van der Waals surface area (Å²) in [6.07, 6.45) is 6.00. The smallest absolute Gasteiger partial charge is 0.117 e. The van der Waals surface area contributed by atoms with E-state index < -0.39 is 0 Å². The molecule has 0 aliphatic carbocycles. The predicted molar refractivity (Wildman–Crippen MR) is 142 cm³/mol. The van der Waals surface area contributed by atoms with Crippen molar-refractivity contribution in [3.63, 3.8) is 0 Å². The van der Waals surface area contributed by atoms with Gasteiger partial charge in [0.1, 0.15) is 5.75 Å². The van der Waals surface area contributed by atoms with E-state index in [0.29, 0.717) is 17.8 Å². The Balaban J connectivity index is 1.17. The minimum atomic E-state index is 0.341. The summed E-state index contributed by atoms with van der Waals surface area (Å²) in [6.45, 7) is 5.76. The van der Waals surface area contributed by atoms with Gasteiger partial charge in [-0.1, -0.05) is 31.5 Å². The number of benzene rings is 2. The van der Waals surface area contributed by atoms with Crippen molar-refractivity contribution in [3.8, 4) is 5.75 Å². The second-order valence-corrected chi connectivity index (χ2v) is 11.3. The third kappa shape index (κ3) is 3.43. The Kier molecular flexibility index (Phi) is 5.00. The topological polar surface area (TPSA) is 58.3 Å². The standard InChI is InChI=1S/C30H36N4O/c1-3-18-16-34-17-25-23-9-8-21(35)15-28(23)31-27(25)14-20(34)12-19(18)13-29-30-24(10-11-33(29)2)22-6-4-5-7-26(22)32-30/h4-9,15,18-20,29,31-32,35H,3,10-14,16-17H2,1-2H3/t18-,19+,20-,29-/m0/s1. The Morgan fingerprint density at radius 2 is 1.86 bits per heavy atom. The highest BCUT2D eigenvalue weighted by molar-refractivity contribution is 5.86. The predicted octanol–water partition coefficient (Wildman–Crippen LogP) is 5.75. The Bertz CT molecular complexity index is 1400. The minimum Gasteiger partial charge on any atom is -0.508 e. The normalized spacial score (nSPS) is 27.1. The van der Waals surface area contributed by atoms with Gasteiger partial charge in [-0.3, -0.25) is 9.80 Å². The highest BCUT2D eigenvalue weighted by Crippen LogP contribution is 2.44. The van der Waals surface area contributed by atoms with Gasteiger partial charge in [0.25, 0.3) is 0 Å². The molecule has 0 spiro atoms. The molecule has 7 rings (SSSR count). The van der Waals surface area contributed by atoms with Crippen LogP contribution in [0.25, 0.3) is 21.8 Å². The maximum Gasteiger partial charge on any atom is 0.117 e. The maximum absolute atomic E-state index is 9.96. The van der Waals surface area contributed by atoms with Crippen molar-refractivity contribution in [3.05, 3.63) is 65.0 Å². The van der Waals surface area contributed by atoms with E-state index in [2.05, 4.69) is 64.1 Å². The molecule has 2 aromatic carbocycles. The fourth-order valence-corrected chi connectivity index (χ4v) is 7.56. The molecule has 1 fully saturated rings. The number of likely N-dealkylation sites (N-methyl/N-ethyl adjacent to an activating group) is 1. The zero-order valence-electron chi connectivity index (χ0n) is 20.8. The molecule has 4 aromatic rings. The van der Waals surface area contributed by atoms with Gasteiger partial charge in [-0.05, 0) is 67.5 Å². The number of hydrogen-bond acceptors (Lipinski definition) is 3. The van der Waals surface area contributed by atoms with E-state index in [1.807, 2.05) is 12.1 Å². The highest BCUT2D eigenvalue weighted by Gasteiger charge is 2.40. The van der Waals surface area contributed by atoms with Crippen molar-refractivity contribution in [2.45, 2.75) is 57.7 Å². The first-order valence-corrected chi connectivity index (χ1v) is 13.4. The average molecular weight is 469 g/mol. The number of fused-ring (bicyclic) bond motifs is 7. The van der Waals surface area contributed by atoms with Crippen LogP contribution in [-0.4, -0.2) is 51.1 Å². The Hall–Kier alpha value is -2.76. The van der Waals surface area contributed by atoms with Gasteiger partial charge in [-0.15, -0.1) is 0 Å². The van der Waals surface area contributed by atoms with Crippen molar-refractivity contribution in [1.82, 2.24) is 19.8 Å². The first-order valence-electron chi connectivity index (χ1n) is 13.4. The van der Waals surface area contributed by atoms with Gasteiger partial charge in [0.15, 0.2) is 0 Å². The zero-order chi connectivity index (χ0) is 23.7. The third-order valence-electron chi connectivity index (χ3n) is 9.48. The number of aromatic hydroxyl groups is 1. The van der Waals surface area contributed by atoms with Crippen molar-refractivity contribution in [1.29, 1.82) is 0 Å². The van der Waals surface area contributed by atoms with Gasteiger partial charge in [-0.25, -0.2) is 0 Å². The van der Waals surface area contributed by atoms with Crippen LogP contribution in [0.4, 0.5) is 0 Å². The second kappa shape index (κ2) is 8.14. The van der Waals surface area contributed by atoms with Gasteiger partial charge >= 0.3 is 0 Å². The number of nitrogens with one attached hydrogen (secondary N) is 2. The summed E-state index contributed by atoms with van der Waals surface area (Å²) in [5.41, 5.74) is 8.22. The molecular formula is C30H36N4O. The van der Waals surface area contributed by atoms with Crippen molar-refractivity contribution in [2.24, 2.45) is 11.8 Å². The second-order valence-electron chi connectivity index (χ2n) is 11.3. The molecule has 4 atom stereocenters.